The summed E-state index contributed by atoms with van der Waals surface area (Å²) in [4.78, 5) is 31.3. The predicted octanol–water partition coefficient (Wildman–Crippen LogP) is 7.86. The van der Waals surface area contributed by atoms with E-state index in [0.29, 0.717) is 40.9 Å². The van der Waals surface area contributed by atoms with Crippen LogP contribution in [0.25, 0.3) is 0 Å². The zero-order valence-electron chi connectivity index (χ0n) is 36.0. The second kappa shape index (κ2) is 17.1. The molecular weight excluding hydrogens is 855 g/mol. The van der Waals surface area contributed by atoms with E-state index >= 15 is 0 Å². The number of carbonyl (C=O) groups excluding carboxylic acids is 2. The molecule has 334 valence electrons. The predicted molar refractivity (Wildman–Crippen MR) is 250 cm³/mol. The monoisotopic (exact) mass is 905 g/mol. The number of benzene rings is 5. The zero-order chi connectivity index (χ0) is 44.9. The number of nitrogens with zero attached hydrogens (tertiary/aromatic N) is 2. The van der Waals surface area contributed by atoms with E-state index in [9.17, 15) is 22.6 Å². The van der Waals surface area contributed by atoms with Crippen LogP contribution in [-0.4, -0.2) is 67.8 Å². The van der Waals surface area contributed by atoms with Crippen LogP contribution in [0.15, 0.2) is 91.0 Å². The number of thiol groups is 1. The largest absolute Gasteiger partial charge is 0.493 e. The maximum absolute atomic E-state index is 14.2. The third-order valence-electron chi connectivity index (χ3n) is 12.3. The maximum Gasteiger partial charge on any atom is 0.288 e. The molecule has 4 aliphatic rings. The van der Waals surface area contributed by atoms with E-state index in [-0.39, 0.29) is 59.5 Å². The van der Waals surface area contributed by atoms with E-state index < -0.39 is 27.4 Å². The van der Waals surface area contributed by atoms with E-state index in [1.165, 1.54) is 35.4 Å². The summed E-state index contributed by atoms with van der Waals surface area (Å²) in [5.74, 6) is 0.983. The van der Waals surface area contributed by atoms with Gasteiger partial charge in [0.05, 0.1) is 37.6 Å². The van der Waals surface area contributed by atoms with Gasteiger partial charge in [-0.15, -0.1) is 0 Å². The van der Waals surface area contributed by atoms with Gasteiger partial charge in [-0.3, -0.25) is 14.1 Å². The number of rotatable bonds is 13. The Bertz CT molecular complexity index is 2760. The van der Waals surface area contributed by atoms with E-state index in [2.05, 4.69) is 57.7 Å². The lowest BCUT2D eigenvalue weighted by molar-refractivity contribution is -0.116. The molecule has 4 aliphatic heterocycles. The van der Waals surface area contributed by atoms with Gasteiger partial charge in [0.2, 0.25) is 5.91 Å². The molecular formula is C48H51N5O9S2. The van der Waals surface area contributed by atoms with Gasteiger partial charge in [0.25, 0.3) is 16.0 Å². The average Bonchev–Trinajstić information content (AvgIpc) is 3.72. The van der Waals surface area contributed by atoms with Crippen LogP contribution in [0.1, 0.15) is 64.9 Å². The van der Waals surface area contributed by atoms with Crippen molar-refractivity contribution in [3.63, 3.8) is 0 Å². The molecule has 0 bridgehead atoms. The Hall–Kier alpha value is -6.10. The first-order valence-electron chi connectivity index (χ1n) is 21.2. The molecule has 0 aliphatic carbocycles. The van der Waals surface area contributed by atoms with Crippen molar-refractivity contribution in [1.29, 1.82) is 0 Å². The molecule has 1 unspecified atom stereocenters. The molecule has 0 spiro atoms. The Kier molecular flexibility index (Phi) is 11.5. The first-order chi connectivity index (χ1) is 30.6. The molecule has 3 atom stereocenters. The Labute approximate surface area is 378 Å². The van der Waals surface area contributed by atoms with Crippen LogP contribution < -0.4 is 44.7 Å². The van der Waals surface area contributed by atoms with Crippen molar-refractivity contribution >= 4 is 63.0 Å². The number of fused-ring (bicyclic) bond motifs is 8. The molecule has 9 rings (SSSR count). The molecule has 5 aromatic carbocycles. The molecule has 64 heavy (non-hydrogen) atoms. The van der Waals surface area contributed by atoms with Crippen LogP contribution >= 0.6 is 12.6 Å². The van der Waals surface area contributed by atoms with Gasteiger partial charge < -0.3 is 44.7 Å². The van der Waals surface area contributed by atoms with E-state index in [4.69, 9.17) is 18.9 Å². The van der Waals surface area contributed by atoms with E-state index in [1.807, 2.05) is 56.3 Å². The molecule has 4 N–H and O–H groups in total. The van der Waals surface area contributed by atoms with E-state index in [0.717, 1.165) is 41.9 Å². The lowest BCUT2D eigenvalue weighted by Gasteiger charge is -2.27. The number of amides is 2. The quantitative estimate of drug-likeness (QED) is 0.0574. The molecule has 0 fully saturated rings. The highest BCUT2D eigenvalue weighted by atomic mass is 32.2. The minimum Gasteiger partial charge on any atom is -0.493 e. The summed E-state index contributed by atoms with van der Waals surface area (Å²) in [6.07, 6.45) is 2.03. The number of carbonyl (C=O) groups is 2. The van der Waals surface area contributed by atoms with Crippen molar-refractivity contribution in [2.75, 3.05) is 46.5 Å². The van der Waals surface area contributed by atoms with Crippen LogP contribution in [-0.2, 0) is 47.5 Å². The molecule has 0 aromatic heterocycles. The number of methoxy groups -OCH3 is 2. The highest BCUT2D eigenvalue weighted by Crippen LogP contribution is 2.44. The zero-order valence-corrected chi connectivity index (χ0v) is 37.7. The summed E-state index contributed by atoms with van der Waals surface area (Å²) in [5, 5.41) is 8.10. The van der Waals surface area contributed by atoms with Crippen molar-refractivity contribution < 1.29 is 41.5 Å². The van der Waals surface area contributed by atoms with Gasteiger partial charge in [-0.2, -0.15) is 21.0 Å². The highest BCUT2D eigenvalue weighted by molar-refractivity contribution is 7.86. The summed E-state index contributed by atoms with van der Waals surface area (Å²) >= 11 is 4.59. The minimum absolute atomic E-state index is 0.0137. The van der Waals surface area contributed by atoms with Crippen molar-refractivity contribution in [2.45, 2.75) is 81.5 Å². The van der Waals surface area contributed by atoms with Crippen molar-refractivity contribution in [3.05, 3.63) is 124 Å². The number of ether oxygens (including phenoxy) is 4. The van der Waals surface area contributed by atoms with Crippen LogP contribution in [0.3, 0.4) is 0 Å². The summed E-state index contributed by atoms with van der Waals surface area (Å²) in [7, 11) is -1.62. The Balaban J connectivity index is 0.984. The van der Waals surface area contributed by atoms with Gasteiger partial charge in [-0.1, -0.05) is 50.2 Å². The van der Waals surface area contributed by atoms with Gasteiger partial charge in [-0.05, 0) is 89.5 Å². The van der Waals surface area contributed by atoms with Gasteiger partial charge in [0, 0.05) is 59.1 Å². The summed E-state index contributed by atoms with van der Waals surface area (Å²) in [6.45, 7) is 5.53. The average molecular weight is 906 g/mol. The standard InChI is InChI=1S/C48H51N5O9S2/c1-48(2,63)14-13-45(54)50-33-16-28(26-61-43-22-36-32(20-41(43)59-3)25-52-34(24-49-36)18-30-9-5-7-11-38(30)52)15-29(17-33)27-62-44-23-37-35(21-42(44)60-4)47(55)53-39-12-8-6-10-31(39)19-40(53)46(51-37)64(56,57)58/h5-12,15-17,20-23,34,40,46,49,51,63H,13-14,18-19,24-27H2,1-4H3,(H,50,54)(H,56,57,58)/t34-,40-,46?/m0/s1. The van der Waals surface area contributed by atoms with Gasteiger partial charge >= 0.3 is 0 Å². The minimum atomic E-state index is -4.69. The molecule has 5 aromatic rings. The number of hydrogen-bond acceptors (Lipinski definition) is 12. The maximum atomic E-state index is 14.2. The van der Waals surface area contributed by atoms with Crippen LogP contribution in [0.4, 0.5) is 28.4 Å². The molecule has 14 nitrogen and oxygen atoms in total. The van der Waals surface area contributed by atoms with Crippen molar-refractivity contribution in [1.82, 2.24) is 0 Å². The Morgan fingerprint density at radius 3 is 2.11 bits per heavy atom. The second-order valence-electron chi connectivity index (χ2n) is 17.3. The molecule has 16 heteroatoms. The normalized spacial score (nSPS) is 18.4. The molecule has 0 saturated carbocycles. The number of anilines is 5. The lowest BCUT2D eigenvalue weighted by atomic mass is 10.1. The topological polar surface area (TPSA) is 168 Å². The Morgan fingerprint density at radius 1 is 0.828 bits per heavy atom. The molecule has 0 saturated heterocycles. The van der Waals surface area contributed by atoms with E-state index in [1.54, 1.807) is 19.2 Å². The third kappa shape index (κ3) is 8.73. The lowest BCUT2D eigenvalue weighted by Crippen LogP contribution is -2.49. The fraction of sp³-hybridized carbons (Fsp3) is 0.333. The van der Waals surface area contributed by atoms with Gasteiger partial charge in [-0.25, -0.2) is 0 Å². The van der Waals surface area contributed by atoms with Crippen LogP contribution in [0, 0.1) is 0 Å². The van der Waals surface area contributed by atoms with Gasteiger partial charge in [0.1, 0.15) is 13.2 Å². The van der Waals surface area contributed by atoms with Crippen LogP contribution in [0.2, 0.25) is 0 Å². The molecule has 4 heterocycles. The number of para-hydroxylation sites is 2. The number of nitrogens with one attached hydrogen (secondary N) is 3. The van der Waals surface area contributed by atoms with Crippen LogP contribution in [0.5, 0.6) is 23.0 Å². The fourth-order valence-corrected chi connectivity index (χ4v) is 10.2. The summed E-state index contributed by atoms with van der Waals surface area (Å²) < 4.78 is 60.3. The fourth-order valence-electron chi connectivity index (χ4n) is 9.17. The second-order valence-corrected chi connectivity index (χ2v) is 20.1. The molecule has 2 amide bonds. The van der Waals surface area contributed by atoms with Crippen molar-refractivity contribution in [3.8, 4) is 23.0 Å². The highest BCUT2D eigenvalue weighted by Gasteiger charge is 2.47. The Morgan fingerprint density at radius 2 is 1.45 bits per heavy atom. The number of hydrogen-bond donors (Lipinski definition) is 5. The third-order valence-corrected chi connectivity index (χ3v) is 13.6. The summed E-state index contributed by atoms with van der Waals surface area (Å²) in [6, 6.07) is 27.8. The van der Waals surface area contributed by atoms with Gasteiger partial charge in [0.15, 0.2) is 28.4 Å². The first kappa shape index (κ1) is 43.2. The summed E-state index contributed by atoms with van der Waals surface area (Å²) in [5.41, 5.74) is 8.32. The first-order valence-corrected chi connectivity index (χ1v) is 23.2. The SMILES string of the molecule is COc1cc2c(cc1OCc1cc(COc3cc4c(cc3OC)C(=O)N3c5ccccc5C[C@H]3C(S(=O)(=O)O)N4)cc(NC(=O)CCC(C)(C)S)c1)NC[C@@H]1Cc3ccccc3N1C2. The van der Waals surface area contributed by atoms with Crippen molar-refractivity contribution in [2.24, 2.45) is 0 Å². The molecule has 0 radical (unpaired) electrons. The smallest absolute Gasteiger partial charge is 0.288 e.